The molecule has 0 saturated carbocycles. The molecule has 1 aromatic rings. The van der Waals surface area contributed by atoms with Crippen LogP contribution in [0, 0.1) is 0 Å². The number of rotatable bonds is 9. The number of nitrogens with zero attached hydrogens (tertiary/aromatic N) is 1. The number of benzene rings is 1. The van der Waals surface area contributed by atoms with Gasteiger partial charge in [0.15, 0.2) is 12.0 Å². The van der Waals surface area contributed by atoms with Crippen molar-refractivity contribution in [2.24, 2.45) is 0 Å². The minimum absolute atomic E-state index is 0.183. The summed E-state index contributed by atoms with van der Waals surface area (Å²) >= 11 is 0. The zero-order valence-corrected chi connectivity index (χ0v) is 19.7. The quantitative estimate of drug-likeness (QED) is 0.247. The lowest BCUT2D eigenvalue weighted by Gasteiger charge is -2.30. The highest BCUT2D eigenvalue weighted by atomic mass is 31.2. The number of allylic oxidation sites excluding steroid dienone is 1. The van der Waals surface area contributed by atoms with Gasteiger partial charge in [-0.1, -0.05) is 18.2 Å². The Morgan fingerprint density at radius 1 is 1.21 bits per heavy atom. The lowest BCUT2D eigenvalue weighted by Crippen LogP contribution is -2.46. The molecular weight excluding hydrogens is 471 g/mol. The first-order chi connectivity index (χ1) is 16.0. The minimum Gasteiger partial charge on any atom is -0.468 e. The molecule has 2 aliphatic heterocycles. The molecule has 0 bridgehead atoms. The number of para-hydroxylation sites is 1. The van der Waals surface area contributed by atoms with Crippen LogP contribution in [0.4, 0.5) is 0 Å². The highest BCUT2D eigenvalue weighted by Gasteiger charge is 2.50. The summed E-state index contributed by atoms with van der Waals surface area (Å²) in [6.45, 7) is 2.82. The van der Waals surface area contributed by atoms with Gasteiger partial charge in [0.1, 0.15) is 30.1 Å². The van der Waals surface area contributed by atoms with Crippen LogP contribution >= 0.6 is 7.75 Å². The van der Waals surface area contributed by atoms with Gasteiger partial charge >= 0.3 is 13.7 Å². The second kappa shape index (κ2) is 10.8. The SMILES string of the molecule is COC(=O)[C@H](C)NP(=O)(Oc1ccccc1)O[C@H](C)[C@H]1O[C@@H](N2C=CC(=O)CC2=O)[C@H](O)[C@@H]1O. The van der Waals surface area contributed by atoms with Crippen LogP contribution in [0.1, 0.15) is 20.3 Å². The Bertz CT molecular complexity index is 987. The standard InChI is InChI=1S/C21H27N2O10P/c1-12(21(28)30-3)22-34(29,33-15-7-5-4-6-8-15)32-13(2)19-17(26)18(27)20(31-19)23-10-9-14(24)11-16(23)25/h4-10,12-13,17-20,26-27H,11H2,1-3H3,(H,22,29)/t12-,13+,17-,18+,19+,20+,34?/m0/s1. The summed E-state index contributed by atoms with van der Waals surface area (Å²) in [5.41, 5.74) is 0. The number of carbonyl (C=O) groups is 3. The number of ketones is 1. The molecule has 1 amide bonds. The van der Waals surface area contributed by atoms with E-state index in [-0.39, 0.29) is 5.75 Å². The van der Waals surface area contributed by atoms with Crippen molar-refractivity contribution < 1.29 is 47.7 Å². The van der Waals surface area contributed by atoms with Gasteiger partial charge in [0.05, 0.1) is 19.6 Å². The van der Waals surface area contributed by atoms with E-state index in [4.69, 9.17) is 13.8 Å². The smallest absolute Gasteiger partial charge is 0.459 e. The van der Waals surface area contributed by atoms with E-state index < -0.39 is 68.5 Å². The van der Waals surface area contributed by atoms with Gasteiger partial charge in [0.25, 0.3) is 0 Å². The van der Waals surface area contributed by atoms with Crippen LogP contribution in [0.15, 0.2) is 42.6 Å². The second-order valence-electron chi connectivity index (χ2n) is 7.82. The third-order valence-corrected chi connectivity index (χ3v) is 6.99. The predicted octanol–water partition coefficient (Wildman–Crippen LogP) is 0.491. The first-order valence-corrected chi connectivity index (χ1v) is 12.0. The first kappa shape index (κ1) is 26.0. The number of nitrogens with one attached hydrogen (secondary N) is 1. The van der Waals surface area contributed by atoms with Gasteiger partial charge in [-0.3, -0.25) is 23.8 Å². The summed E-state index contributed by atoms with van der Waals surface area (Å²) in [4.78, 5) is 36.5. The van der Waals surface area contributed by atoms with Gasteiger partial charge < -0.3 is 24.2 Å². The molecule has 1 fully saturated rings. The number of hydrogen-bond donors (Lipinski definition) is 3. The molecule has 2 heterocycles. The maximum absolute atomic E-state index is 13.6. The van der Waals surface area contributed by atoms with E-state index in [1.165, 1.54) is 39.3 Å². The van der Waals surface area contributed by atoms with Crippen molar-refractivity contribution in [3.63, 3.8) is 0 Å². The average Bonchev–Trinajstić information content (AvgIpc) is 3.08. The molecule has 12 nitrogen and oxygen atoms in total. The van der Waals surface area contributed by atoms with Crippen molar-refractivity contribution in [2.45, 2.75) is 57.0 Å². The molecule has 1 unspecified atom stereocenters. The number of amides is 1. The van der Waals surface area contributed by atoms with E-state index in [0.717, 1.165) is 11.0 Å². The summed E-state index contributed by atoms with van der Waals surface area (Å²) in [6.07, 6.45) is -4.79. The van der Waals surface area contributed by atoms with E-state index in [9.17, 15) is 29.2 Å². The second-order valence-corrected chi connectivity index (χ2v) is 9.47. The van der Waals surface area contributed by atoms with Gasteiger partial charge in [-0.15, -0.1) is 0 Å². The molecule has 2 aliphatic rings. The maximum Gasteiger partial charge on any atom is 0.459 e. The molecule has 0 aromatic heterocycles. The van der Waals surface area contributed by atoms with Crippen molar-refractivity contribution in [1.29, 1.82) is 0 Å². The molecule has 7 atom stereocenters. The molecule has 13 heteroatoms. The fourth-order valence-corrected chi connectivity index (χ4v) is 5.21. The Balaban J connectivity index is 1.78. The third-order valence-electron chi connectivity index (χ3n) is 5.23. The predicted molar refractivity (Wildman–Crippen MR) is 116 cm³/mol. The normalized spacial score (nSPS) is 28.3. The Hall–Kier alpha value is -2.60. The molecule has 186 valence electrons. The Labute approximate surface area is 196 Å². The Kier molecular flexibility index (Phi) is 8.24. The van der Waals surface area contributed by atoms with E-state index in [2.05, 4.69) is 9.82 Å². The van der Waals surface area contributed by atoms with Crippen LogP contribution in [0.3, 0.4) is 0 Å². The van der Waals surface area contributed by atoms with Crippen LogP contribution in [-0.4, -0.2) is 76.6 Å². The molecule has 0 radical (unpaired) electrons. The molecule has 0 aliphatic carbocycles. The molecule has 1 saturated heterocycles. The van der Waals surface area contributed by atoms with E-state index in [1.54, 1.807) is 18.2 Å². The van der Waals surface area contributed by atoms with Crippen LogP contribution in [-0.2, 0) is 32.9 Å². The number of methoxy groups -OCH3 is 1. The van der Waals surface area contributed by atoms with E-state index in [1.807, 2.05) is 0 Å². The van der Waals surface area contributed by atoms with Crippen molar-refractivity contribution in [2.75, 3.05) is 7.11 Å². The zero-order chi connectivity index (χ0) is 25.0. The van der Waals surface area contributed by atoms with Gasteiger partial charge in [-0.2, -0.15) is 5.09 Å². The molecular formula is C21H27N2O10P. The fourth-order valence-electron chi connectivity index (χ4n) is 3.52. The van der Waals surface area contributed by atoms with Crippen LogP contribution < -0.4 is 9.61 Å². The number of ether oxygens (including phenoxy) is 2. The average molecular weight is 498 g/mol. The first-order valence-electron chi connectivity index (χ1n) is 10.5. The maximum atomic E-state index is 13.6. The van der Waals surface area contributed by atoms with Gasteiger partial charge in [-0.25, -0.2) is 4.57 Å². The van der Waals surface area contributed by atoms with Crippen molar-refractivity contribution in [1.82, 2.24) is 9.99 Å². The highest BCUT2D eigenvalue weighted by Crippen LogP contribution is 2.47. The van der Waals surface area contributed by atoms with E-state index in [0.29, 0.717) is 0 Å². The van der Waals surface area contributed by atoms with E-state index >= 15 is 0 Å². The van der Waals surface area contributed by atoms with Gasteiger partial charge in [0.2, 0.25) is 5.91 Å². The zero-order valence-electron chi connectivity index (χ0n) is 18.8. The molecule has 3 rings (SSSR count). The topological polar surface area (TPSA) is 161 Å². The van der Waals surface area contributed by atoms with Gasteiger partial charge in [-0.05, 0) is 32.1 Å². The Morgan fingerprint density at radius 3 is 2.50 bits per heavy atom. The number of hydrogen-bond acceptors (Lipinski definition) is 10. The van der Waals surface area contributed by atoms with Crippen LogP contribution in [0.2, 0.25) is 0 Å². The number of aliphatic hydroxyl groups is 2. The lowest BCUT2D eigenvalue weighted by molar-refractivity contribution is -0.150. The number of carbonyl (C=O) groups excluding carboxylic acids is 3. The van der Waals surface area contributed by atoms with Crippen molar-refractivity contribution >= 4 is 25.4 Å². The summed E-state index contributed by atoms with van der Waals surface area (Å²) < 4.78 is 35.1. The van der Waals surface area contributed by atoms with Crippen LogP contribution in [0.25, 0.3) is 0 Å². The van der Waals surface area contributed by atoms with Crippen molar-refractivity contribution in [3.05, 3.63) is 42.6 Å². The number of aliphatic hydroxyl groups excluding tert-OH is 2. The molecule has 34 heavy (non-hydrogen) atoms. The minimum atomic E-state index is -4.25. The monoisotopic (exact) mass is 498 g/mol. The van der Waals surface area contributed by atoms with Gasteiger partial charge in [0, 0.05) is 6.20 Å². The summed E-state index contributed by atoms with van der Waals surface area (Å²) in [5.74, 6) is -1.54. The lowest BCUT2D eigenvalue weighted by atomic mass is 10.1. The molecule has 0 spiro atoms. The largest absolute Gasteiger partial charge is 0.468 e. The third kappa shape index (κ3) is 5.90. The highest BCUT2D eigenvalue weighted by molar-refractivity contribution is 7.52. The molecule has 1 aromatic carbocycles. The van der Waals surface area contributed by atoms with Crippen molar-refractivity contribution in [3.8, 4) is 5.75 Å². The fraction of sp³-hybridized carbons (Fsp3) is 0.476. The number of esters is 1. The Morgan fingerprint density at radius 2 is 1.88 bits per heavy atom. The summed E-state index contributed by atoms with van der Waals surface area (Å²) in [6, 6.07) is 6.99. The van der Waals surface area contributed by atoms with Crippen LogP contribution in [0.5, 0.6) is 5.75 Å². The molecule has 3 N–H and O–H groups in total. The summed E-state index contributed by atoms with van der Waals surface area (Å²) in [7, 11) is -3.09. The summed E-state index contributed by atoms with van der Waals surface area (Å²) in [5, 5.41) is 23.5.